The summed E-state index contributed by atoms with van der Waals surface area (Å²) in [4.78, 5) is 27.5. The van der Waals surface area contributed by atoms with Gasteiger partial charge in [0.2, 0.25) is 5.91 Å². The zero-order valence-electron chi connectivity index (χ0n) is 16.6. The Morgan fingerprint density at radius 3 is 2.63 bits per heavy atom. The smallest absolute Gasteiger partial charge is 0.290 e. The van der Waals surface area contributed by atoms with E-state index in [-0.39, 0.29) is 42.6 Å². The summed E-state index contributed by atoms with van der Waals surface area (Å²) in [5.74, 6) is -0.160. The number of rotatable bonds is 5. The number of carbonyl (C=O) groups excluding carboxylic acids is 2. The number of nitrogens with two attached hydrogens (primary N) is 1. The van der Waals surface area contributed by atoms with Crippen LogP contribution in [0.25, 0.3) is 10.8 Å². The van der Waals surface area contributed by atoms with Crippen molar-refractivity contribution in [3.8, 4) is 0 Å². The first-order valence-corrected chi connectivity index (χ1v) is 10.0. The molecule has 2 amide bonds. The Labute approximate surface area is 181 Å². The number of halogens is 1. The minimum Gasteiger partial charge on any atom is -0.459 e. The van der Waals surface area contributed by atoms with Crippen LogP contribution in [0.5, 0.6) is 0 Å². The lowest BCUT2D eigenvalue weighted by Gasteiger charge is -2.35. The van der Waals surface area contributed by atoms with Gasteiger partial charge in [-0.25, -0.2) is 0 Å². The molecule has 1 aliphatic heterocycles. The van der Waals surface area contributed by atoms with Gasteiger partial charge in [0.05, 0.1) is 12.3 Å². The van der Waals surface area contributed by atoms with E-state index in [0.29, 0.717) is 13.0 Å². The first kappa shape index (κ1) is 21.9. The highest BCUT2D eigenvalue weighted by atomic mass is 35.5. The molecule has 4 rings (SSSR count). The molecule has 1 saturated heterocycles. The van der Waals surface area contributed by atoms with Crippen molar-refractivity contribution in [1.29, 1.82) is 0 Å². The maximum atomic E-state index is 13.1. The third kappa shape index (κ3) is 4.50. The van der Waals surface area contributed by atoms with Crippen LogP contribution in [0.1, 0.15) is 41.4 Å². The number of amides is 2. The average Bonchev–Trinajstić information content (AvgIpc) is 3.31. The molecule has 2 atom stereocenters. The van der Waals surface area contributed by atoms with E-state index in [2.05, 4.69) is 17.4 Å². The van der Waals surface area contributed by atoms with Crippen LogP contribution >= 0.6 is 12.4 Å². The quantitative estimate of drug-likeness (QED) is 0.650. The molecule has 30 heavy (non-hydrogen) atoms. The molecule has 0 saturated carbocycles. The van der Waals surface area contributed by atoms with Gasteiger partial charge < -0.3 is 20.4 Å². The van der Waals surface area contributed by atoms with Crippen molar-refractivity contribution >= 4 is 35.0 Å². The number of nitrogens with one attached hydrogen (secondary N) is 1. The molecule has 0 bridgehead atoms. The third-order valence-corrected chi connectivity index (χ3v) is 5.53. The summed E-state index contributed by atoms with van der Waals surface area (Å²) in [6.07, 6.45) is 3.88. The first-order valence-electron chi connectivity index (χ1n) is 10.0. The molecule has 1 fully saturated rings. The van der Waals surface area contributed by atoms with E-state index in [1.165, 1.54) is 6.26 Å². The molecule has 1 aromatic heterocycles. The van der Waals surface area contributed by atoms with Gasteiger partial charge in [0.1, 0.15) is 6.04 Å². The maximum absolute atomic E-state index is 13.1. The Morgan fingerprint density at radius 2 is 1.90 bits per heavy atom. The van der Waals surface area contributed by atoms with E-state index < -0.39 is 6.04 Å². The lowest BCUT2D eigenvalue weighted by Crippen LogP contribution is -2.53. The van der Waals surface area contributed by atoms with Crippen molar-refractivity contribution in [2.45, 2.75) is 31.3 Å². The lowest BCUT2D eigenvalue weighted by atomic mass is 9.98. The molecule has 0 aliphatic carbocycles. The van der Waals surface area contributed by atoms with Gasteiger partial charge in [-0.15, -0.1) is 12.4 Å². The number of piperidine rings is 1. The van der Waals surface area contributed by atoms with Crippen LogP contribution in [0.4, 0.5) is 0 Å². The van der Waals surface area contributed by atoms with Gasteiger partial charge in [0.25, 0.3) is 5.91 Å². The summed E-state index contributed by atoms with van der Waals surface area (Å²) in [6, 6.07) is 16.6. The molecule has 2 aromatic carbocycles. The molecule has 6 nitrogen and oxygen atoms in total. The van der Waals surface area contributed by atoms with Crippen LogP contribution in [0.3, 0.4) is 0 Å². The van der Waals surface area contributed by atoms with Crippen LogP contribution < -0.4 is 11.1 Å². The van der Waals surface area contributed by atoms with E-state index in [4.69, 9.17) is 10.2 Å². The van der Waals surface area contributed by atoms with Crippen LogP contribution in [-0.4, -0.2) is 35.8 Å². The summed E-state index contributed by atoms with van der Waals surface area (Å²) in [7, 11) is 0. The monoisotopic (exact) mass is 427 g/mol. The zero-order chi connectivity index (χ0) is 20.2. The van der Waals surface area contributed by atoms with Crippen molar-refractivity contribution in [1.82, 2.24) is 10.2 Å². The standard InChI is InChI=1S/C23H25N3O3.ClH/c24-15-19(18-11-10-16-6-1-2-7-17(16)14-18)25-22(27)20-8-3-4-12-26(20)23(28)21-9-5-13-29-21;/h1-2,5-7,9-11,13-14,19-20H,3-4,8,12,15,24H2,(H,25,27);1H. The summed E-state index contributed by atoms with van der Waals surface area (Å²) < 4.78 is 5.25. The number of likely N-dealkylation sites (tertiary alicyclic amines) is 1. The average molecular weight is 428 g/mol. The minimum atomic E-state index is -0.518. The molecular formula is C23H26ClN3O3. The van der Waals surface area contributed by atoms with E-state index in [1.807, 2.05) is 30.3 Å². The fourth-order valence-electron chi connectivity index (χ4n) is 3.96. The Hall–Kier alpha value is -2.83. The Morgan fingerprint density at radius 1 is 1.10 bits per heavy atom. The molecule has 3 N–H and O–H groups in total. The van der Waals surface area contributed by atoms with Crippen molar-refractivity contribution in [3.05, 3.63) is 72.2 Å². The van der Waals surface area contributed by atoms with Gasteiger partial charge in [-0.1, -0.05) is 36.4 Å². The number of hydrogen-bond donors (Lipinski definition) is 2. The number of nitrogens with zero attached hydrogens (tertiary/aromatic N) is 1. The van der Waals surface area contributed by atoms with Crippen LogP contribution in [0, 0.1) is 0 Å². The molecule has 0 radical (unpaired) electrons. The van der Waals surface area contributed by atoms with Gasteiger partial charge >= 0.3 is 0 Å². The van der Waals surface area contributed by atoms with Gasteiger partial charge in [-0.2, -0.15) is 0 Å². The van der Waals surface area contributed by atoms with E-state index in [9.17, 15) is 9.59 Å². The molecule has 2 unspecified atom stereocenters. The molecule has 7 heteroatoms. The largest absolute Gasteiger partial charge is 0.459 e. The normalized spacial score (nSPS) is 17.2. The Balaban J connectivity index is 0.00000256. The van der Waals surface area contributed by atoms with Crippen molar-refractivity contribution in [3.63, 3.8) is 0 Å². The lowest BCUT2D eigenvalue weighted by molar-refractivity contribution is -0.127. The maximum Gasteiger partial charge on any atom is 0.290 e. The predicted molar refractivity (Wildman–Crippen MR) is 119 cm³/mol. The third-order valence-electron chi connectivity index (χ3n) is 5.53. The highest BCUT2D eigenvalue weighted by Gasteiger charge is 2.34. The van der Waals surface area contributed by atoms with Crippen LogP contribution in [-0.2, 0) is 4.79 Å². The molecule has 2 heterocycles. The number of hydrogen-bond acceptors (Lipinski definition) is 4. The summed E-state index contributed by atoms with van der Waals surface area (Å²) in [5.41, 5.74) is 6.95. The summed E-state index contributed by atoms with van der Waals surface area (Å²) in [6.45, 7) is 0.823. The van der Waals surface area contributed by atoms with Crippen molar-refractivity contribution < 1.29 is 14.0 Å². The molecular weight excluding hydrogens is 402 g/mol. The Kier molecular flexibility index (Phi) is 7.13. The van der Waals surface area contributed by atoms with Gasteiger partial charge in [-0.05, 0) is 53.8 Å². The van der Waals surface area contributed by atoms with E-state index in [1.54, 1.807) is 17.0 Å². The van der Waals surface area contributed by atoms with Crippen LogP contribution in [0.15, 0.2) is 65.3 Å². The van der Waals surface area contributed by atoms with Crippen LogP contribution in [0.2, 0.25) is 0 Å². The fraction of sp³-hybridized carbons (Fsp3) is 0.304. The zero-order valence-corrected chi connectivity index (χ0v) is 17.4. The topological polar surface area (TPSA) is 88.6 Å². The number of fused-ring (bicyclic) bond motifs is 1. The van der Waals surface area contributed by atoms with E-state index >= 15 is 0 Å². The van der Waals surface area contributed by atoms with Crippen molar-refractivity contribution in [2.75, 3.05) is 13.1 Å². The number of benzene rings is 2. The molecule has 1 aliphatic rings. The second kappa shape index (κ2) is 9.78. The second-order valence-electron chi connectivity index (χ2n) is 7.39. The Bertz CT molecular complexity index is 1010. The number of carbonyl (C=O) groups is 2. The van der Waals surface area contributed by atoms with Gasteiger partial charge in [0, 0.05) is 13.1 Å². The minimum absolute atomic E-state index is 0. The first-order chi connectivity index (χ1) is 14.2. The highest BCUT2D eigenvalue weighted by molar-refractivity contribution is 5.95. The van der Waals surface area contributed by atoms with Crippen molar-refractivity contribution in [2.24, 2.45) is 5.73 Å². The second-order valence-corrected chi connectivity index (χ2v) is 7.39. The van der Waals surface area contributed by atoms with E-state index in [0.717, 1.165) is 29.2 Å². The van der Waals surface area contributed by atoms with Gasteiger partial charge in [-0.3, -0.25) is 9.59 Å². The predicted octanol–water partition coefficient (Wildman–Crippen LogP) is 3.67. The summed E-state index contributed by atoms with van der Waals surface area (Å²) in [5, 5.41) is 5.30. The number of furan rings is 1. The highest BCUT2D eigenvalue weighted by Crippen LogP contribution is 2.23. The SMILES string of the molecule is Cl.NCC(NC(=O)C1CCCCN1C(=O)c1ccco1)c1ccc2ccccc2c1. The summed E-state index contributed by atoms with van der Waals surface area (Å²) >= 11 is 0. The molecule has 3 aromatic rings. The molecule has 0 spiro atoms. The molecule has 158 valence electrons. The fourth-order valence-corrected chi connectivity index (χ4v) is 3.96. The van der Waals surface area contributed by atoms with Gasteiger partial charge in [0.15, 0.2) is 5.76 Å².